The Balaban J connectivity index is 2.38. The van der Waals surface area contributed by atoms with Crippen LogP contribution in [0.5, 0.6) is 0 Å². The van der Waals surface area contributed by atoms with E-state index < -0.39 is 0 Å². The fourth-order valence-electron chi connectivity index (χ4n) is 1.89. The highest BCUT2D eigenvalue weighted by Gasteiger charge is 2.11. The molecule has 1 atom stereocenters. The van der Waals surface area contributed by atoms with Crippen LogP contribution in [-0.2, 0) is 11.2 Å². The third-order valence-electron chi connectivity index (χ3n) is 2.71. The molecule has 3 nitrogen and oxygen atoms in total. The summed E-state index contributed by atoms with van der Waals surface area (Å²) in [6, 6.07) is 8.13. The highest BCUT2D eigenvalue weighted by molar-refractivity contribution is 6.20. The van der Waals surface area contributed by atoms with Crippen LogP contribution in [0, 0.1) is 6.92 Å². The van der Waals surface area contributed by atoms with Crippen molar-refractivity contribution in [3.05, 3.63) is 35.7 Å². The van der Waals surface area contributed by atoms with Gasteiger partial charge < -0.3 is 4.74 Å². The van der Waals surface area contributed by atoms with Crippen LogP contribution in [0.4, 0.5) is 0 Å². The van der Waals surface area contributed by atoms with E-state index in [9.17, 15) is 0 Å². The minimum atomic E-state index is -0.0691. The van der Waals surface area contributed by atoms with Crippen molar-refractivity contribution in [2.45, 2.75) is 18.7 Å². The SMILES string of the molecule is COCC(Cl)Cc1nnc(C)c2ccccc12. The van der Waals surface area contributed by atoms with Crippen molar-refractivity contribution in [1.29, 1.82) is 0 Å². The number of hydrogen-bond donors (Lipinski definition) is 0. The predicted molar refractivity (Wildman–Crippen MR) is 69.5 cm³/mol. The Morgan fingerprint density at radius 2 is 1.94 bits per heavy atom. The summed E-state index contributed by atoms with van der Waals surface area (Å²) < 4.78 is 5.03. The first-order valence-electron chi connectivity index (χ1n) is 5.56. The van der Waals surface area contributed by atoms with E-state index in [-0.39, 0.29) is 5.38 Å². The van der Waals surface area contributed by atoms with Crippen LogP contribution in [0.25, 0.3) is 10.8 Å². The van der Waals surface area contributed by atoms with E-state index in [0.717, 1.165) is 22.2 Å². The molecule has 0 amide bonds. The molecular formula is C13H15ClN2O. The van der Waals surface area contributed by atoms with E-state index >= 15 is 0 Å². The molecule has 1 aromatic carbocycles. The summed E-state index contributed by atoms with van der Waals surface area (Å²) in [6.07, 6.45) is 0.670. The average molecular weight is 251 g/mol. The third kappa shape index (κ3) is 2.73. The number of ether oxygens (including phenoxy) is 1. The van der Waals surface area contributed by atoms with Crippen LogP contribution >= 0.6 is 11.6 Å². The molecular weight excluding hydrogens is 236 g/mol. The number of hydrogen-bond acceptors (Lipinski definition) is 3. The zero-order chi connectivity index (χ0) is 12.3. The maximum absolute atomic E-state index is 6.16. The second-order valence-electron chi connectivity index (χ2n) is 4.03. The quantitative estimate of drug-likeness (QED) is 0.783. The monoisotopic (exact) mass is 250 g/mol. The molecule has 0 N–H and O–H groups in total. The molecule has 2 aromatic rings. The summed E-state index contributed by atoms with van der Waals surface area (Å²) in [4.78, 5) is 0. The Hall–Kier alpha value is -1.19. The molecule has 0 aliphatic rings. The molecule has 1 heterocycles. The second kappa shape index (κ2) is 5.43. The Labute approximate surface area is 106 Å². The van der Waals surface area contributed by atoms with E-state index in [0.29, 0.717) is 13.0 Å². The molecule has 0 aliphatic carbocycles. The number of methoxy groups -OCH3 is 1. The van der Waals surface area contributed by atoms with Gasteiger partial charge >= 0.3 is 0 Å². The van der Waals surface area contributed by atoms with Crippen LogP contribution in [0.3, 0.4) is 0 Å². The van der Waals surface area contributed by atoms with Gasteiger partial charge in [-0.3, -0.25) is 0 Å². The summed E-state index contributed by atoms with van der Waals surface area (Å²) in [6.45, 7) is 2.48. The molecule has 0 saturated carbocycles. The number of alkyl halides is 1. The lowest BCUT2D eigenvalue weighted by Crippen LogP contribution is -2.12. The Bertz CT molecular complexity index is 516. The molecule has 0 bridgehead atoms. The standard InChI is InChI=1S/C13H15ClN2O/c1-9-11-5-3-4-6-12(11)13(16-15-9)7-10(14)8-17-2/h3-6,10H,7-8H2,1-2H3. The molecule has 1 unspecified atom stereocenters. The molecule has 0 spiro atoms. The first-order valence-corrected chi connectivity index (χ1v) is 6.00. The van der Waals surface area contributed by atoms with Gasteiger partial charge in [0.2, 0.25) is 0 Å². The van der Waals surface area contributed by atoms with Crippen LogP contribution in [0.15, 0.2) is 24.3 Å². The van der Waals surface area contributed by atoms with Crippen molar-refractivity contribution in [3.8, 4) is 0 Å². The van der Waals surface area contributed by atoms with Gasteiger partial charge in [-0.05, 0) is 6.92 Å². The lowest BCUT2D eigenvalue weighted by Gasteiger charge is -2.10. The van der Waals surface area contributed by atoms with Gasteiger partial charge in [-0.25, -0.2) is 0 Å². The van der Waals surface area contributed by atoms with Crippen molar-refractivity contribution in [2.75, 3.05) is 13.7 Å². The molecule has 0 fully saturated rings. The lowest BCUT2D eigenvalue weighted by molar-refractivity contribution is 0.197. The van der Waals surface area contributed by atoms with Crippen LogP contribution in [0.1, 0.15) is 11.4 Å². The van der Waals surface area contributed by atoms with Crippen molar-refractivity contribution >= 4 is 22.4 Å². The summed E-state index contributed by atoms with van der Waals surface area (Å²) in [5, 5.41) is 10.6. The third-order valence-corrected chi connectivity index (χ3v) is 2.99. The molecule has 90 valence electrons. The first-order chi connectivity index (χ1) is 8.22. The lowest BCUT2D eigenvalue weighted by atomic mass is 10.1. The van der Waals surface area contributed by atoms with E-state index in [1.54, 1.807) is 7.11 Å². The van der Waals surface area contributed by atoms with Gasteiger partial charge in [0.15, 0.2) is 0 Å². The summed E-state index contributed by atoms with van der Waals surface area (Å²) in [5.74, 6) is 0. The smallest absolute Gasteiger partial charge is 0.0725 e. The molecule has 0 radical (unpaired) electrons. The maximum atomic E-state index is 6.16. The van der Waals surface area contributed by atoms with Crippen LogP contribution in [-0.4, -0.2) is 29.3 Å². The average Bonchev–Trinajstić information content (AvgIpc) is 2.34. The highest BCUT2D eigenvalue weighted by Crippen LogP contribution is 2.20. The predicted octanol–water partition coefficient (Wildman–Crippen LogP) is 2.73. The van der Waals surface area contributed by atoms with E-state index in [2.05, 4.69) is 22.3 Å². The minimum absolute atomic E-state index is 0.0691. The van der Waals surface area contributed by atoms with Gasteiger partial charge in [0.05, 0.1) is 23.4 Å². The molecule has 4 heteroatoms. The Morgan fingerprint density at radius 1 is 1.24 bits per heavy atom. The molecule has 1 aromatic heterocycles. The first kappa shape index (κ1) is 12.3. The van der Waals surface area contributed by atoms with Crippen molar-refractivity contribution in [2.24, 2.45) is 0 Å². The number of halogens is 1. The number of nitrogens with zero attached hydrogens (tertiary/aromatic N) is 2. The van der Waals surface area contributed by atoms with Gasteiger partial charge in [-0.1, -0.05) is 24.3 Å². The minimum Gasteiger partial charge on any atom is -0.383 e. The highest BCUT2D eigenvalue weighted by atomic mass is 35.5. The number of rotatable bonds is 4. The Morgan fingerprint density at radius 3 is 2.65 bits per heavy atom. The van der Waals surface area contributed by atoms with Crippen LogP contribution < -0.4 is 0 Å². The van der Waals surface area contributed by atoms with Gasteiger partial charge in [0.25, 0.3) is 0 Å². The summed E-state index contributed by atoms with van der Waals surface area (Å²) in [5.41, 5.74) is 1.88. The summed E-state index contributed by atoms with van der Waals surface area (Å²) >= 11 is 6.16. The molecule has 17 heavy (non-hydrogen) atoms. The second-order valence-corrected chi connectivity index (χ2v) is 4.65. The number of aryl methyl sites for hydroxylation is 1. The van der Waals surface area contributed by atoms with Crippen molar-refractivity contribution in [3.63, 3.8) is 0 Å². The normalized spacial score (nSPS) is 12.9. The van der Waals surface area contributed by atoms with Gasteiger partial charge in [0.1, 0.15) is 0 Å². The summed E-state index contributed by atoms with van der Waals surface area (Å²) in [7, 11) is 1.65. The zero-order valence-corrected chi connectivity index (χ0v) is 10.7. The van der Waals surface area contributed by atoms with Crippen molar-refractivity contribution in [1.82, 2.24) is 10.2 Å². The fraction of sp³-hybridized carbons (Fsp3) is 0.385. The molecule has 2 rings (SSSR count). The number of fused-ring (bicyclic) bond motifs is 1. The maximum Gasteiger partial charge on any atom is 0.0725 e. The number of aromatic nitrogens is 2. The topological polar surface area (TPSA) is 35.0 Å². The van der Waals surface area contributed by atoms with Gasteiger partial charge in [-0.2, -0.15) is 10.2 Å². The van der Waals surface area contributed by atoms with E-state index in [4.69, 9.17) is 16.3 Å². The van der Waals surface area contributed by atoms with E-state index in [1.807, 2.05) is 19.1 Å². The zero-order valence-electron chi connectivity index (χ0n) is 9.98. The van der Waals surface area contributed by atoms with Crippen LogP contribution in [0.2, 0.25) is 0 Å². The van der Waals surface area contributed by atoms with Gasteiger partial charge in [-0.15, -0.1) is 11.6 Å². The van der Waals surface area contributed by atoms with Crippen molar-refractivity contribution < 1.29 is 4.74 Å². The molecule has 0 saturated heterocycles. The van der Waals surface area contributed by atoms with E-state index in [1.165, 1.54) is 0 Å². The largest absolute Gasteiger partial charge is 0.383 e. The molecule has 0 aliphatic heterocycles. The fourth-order valence-corrected chi connectivity index (χ4v) is 2.17. The Kier molecular flexibility index (Phi) is 3.92. The van der Waals surface area contributed by atoms with Gasteiger partial charge in [0, 0.05) is 24.3 Å². The number of benzene rings is 1.